The Kier molecular flexibility index (Phi) is 3.19. The van der Waals surface area contributed by atoms with Crippen LogP contribution < -0.4 is 5.32 Å². The molecule has 0 atom stereocenters. The number of fused-ring (bicyclic) bond motifs is 1. The molecule has 0 bridgehead atoms. The van der Waals surface area contributed by atoms with Crippen LogP contribution in [0, 0.1) is 6.92 Å². The van der Waals surface area contributed by atoms with Gasteiger partial charge < -0.3 is 10.3 Å². The molecule has 0 aliphatic carbocycles. The summed E-state index contributed by atoms with van der Waals surface area (Å²) in [5.41, 5.74) is 3.26. The Morgan fingerprint density at radius 2 is 2.19 bits per heavy atom. The van der Waals surface area contributed by atoms with Crippen LogP contribution in [0.2, 0.25) is 0 Å². The molecule has 4 heteroatoms. The molecule has 2 aromatic rings. The van der Waals surface area contributed by atoms with Crippen molar-refractivity contribution in [1.29, 1.82) is 0 Å². The number of H-pyrrole nitrogens is 1. The topological polar surface area (TPSA) is 53.6 Å². The Balaban J connectivity index is 2.50. The van der Waals surface area contributed by atoms with Crippen LogP contribution in [-0.2, 0) is 13.0 Å². The van der Waals surface area contributed by atoms with Gasteiger partial charge in [0.15, 0.2) is 0 Å². The maximum Gasteiger partial charge on any atom is 0.141 e. The lowest BCUT2D eigenvalue weighted by Crippen LogP contribution is -2.05. The second kappa shape index (κ2) is 4.61. The van der Waals surface area contributed by atoms with Crippen molar-refractivity contribution in [3.63, 3.8) is 0 Å². The van der Waals surface area contributed by atoms with Gasteiger partial charge >= 0.3 is 0 Å². The highest BCUT2D eigenvalue weighted by Gasteiger charge is 2.09. The third kappa shape index (κ3) is 1.93. The summed E-state index contributed by atoms with van der Waals surface area (Å²) >= 11 is 0. The second-order valence-electron chi connectivity index (χ2n) is 4.04. The summed E-state index contributed by atoms with van der Waals surface area (Å²) in [6, 6.07) is 0. The minimum Gasteiger partial charge on any atom is -0.346 e. The Bertz CT molecular complexity index is 487. The first-order valence-electron chi connectivity index (χ1n) is 5.74. The van der Waals surface area contributed by atoms with Gasteiger partial charge in [-0.1, -0.05) is 6.92 Å². The molecule has 2 aromatic heterocycles. The van der Waals surface area contributed by atoms with E-state index < -0.39 is 0 Å². The molecule has 86 valence electrons. The molecule has 0 saturated carbocycles. The Morgan fingerprint density at radius 1 is 1.38 bits per heavy atom. The quantitative estimate of drug-likeness (QED) is 0.824. The predicted molar refractivity (Wildman–Crippen MR) is 65.4 cm³/mol. The van der Waals surface area contributed by atoms with Crippen LogP contribution in [0.3, 0.4) is 0 Å². The third-order valence-electron chi connectivity index (χ3n) is 2.68. The lowest BCUT2D eigenvalue weighted by molar-refractivity contribution is 0.819. The fraction of sp³-hybridized carbons (Fsp3) is 0.500. The average molecular weight is 218 g/mol. The summed E-state index contributed by atoms with van der Waals surface area (Å²) in [7, 11) is 1.94. The highest BCUT2D eigenvalue weighted by Crippen LogP contribution is 2.19. The van der Waals surface area contributed by atoms with E-state index in [9.17, 15) is 0 Å². The van der Waals surface area contributed by atoms with Crippen LogP contribution in [0.5, 0.6) is 0 Å². The van der Waals surface area contributed by atoms with Crippen molar-refractivity contribution < 1.29 is 0 Å². The Morgan fingerprint density at radius 3 is 2.88 bits per heavy atom. The van der Waals surface area contributed by atoms with Crippen molar-refractivity contribution in [3.05, 3.63) is 23.3 Å². The molecule has 0 spiro atoms. The SMILES string of the molecule is CCCc1nc(C)c2c(CNC)c[nH]c2n1. The summed E-state index contributed by atoms with van der Waals surface area (Å²) in [6.45, 7) is 5.04. The molecule has 0 aliphatic rings. The average Bonchev–Trinajstić information content (AvgIpc) is 2.63. The van der Waals surface area contributed by atoms with Crippen LogP contribution in [0.1, 0.15) is 30.4 Å². The normalized spacial score (nSPS) is 11.2. The van der Waals surface area contributed by atoms with Crippen LogP contribution >= 0.6 is 0 Å². The van der Waals surface area contributed by atoms with Crippen molar-refractivity contribution in [2.24, 2.45) is 0 Å². The van der Waals surface area contributed by atoms with Crippen LogP contribution in [0.25, 0.3) is 11.0 Å². The molecular formula is C12H18N4. The van der Waals surface area contributed by atoms with Gasteiger partial charge in [-0.2, -0.15) is 0 Å². The van der Waals surface area contributed by atoms with Crippen LogP contribution in [0.4, 0.5) is 0 Å². The molecule has 16 heavy (non-hydrogen) atoms. The Hall–Kier alpha value is -1.42. The number of nitrogens with zero attached hydrogens (tertiary/aromatic N) is 2. The molecule has 0 unspecified atom stereocenters. The first-order valence-corrected chi connectivity index (χ1v) is 5.74. The van der Waals surface area contributed by atoms with Crippen molar-refractivity contribution >= 4 is 11.0 Å². The van der Waals surface area contributed by atoms with Gasteiger partial charge in [-0.25, -0.2) is 9.97 Å². The number of rotatable bonds is 4. The lowest BCUT2D eigenvalue weighted by Gasteiger charge is -2.03. The van der Waals surface area contributed by atoms with E-state index in [0.717, 1.165) is 41.9 Å². The summed E-state index contributed by atoms with van der Waals surface area (Å²) in [4.78, 5) is 12.3. The molecule has 2 N–H and O–H groups in total. The molecule has 2 heterocycles. The molecule has 0 radical (unpaired) electrons. The van der Waals surface area contributed by atoms with Gasteiger partial charge in [-0.3, -0.25) is 0 Å². The third-order valence-corrected chi connectivity index (χ3v) is 2.68. The number of aromatic amines is 1. The molecule has 0 aliphatic heterocycles. The number of nitrogens with one attached hydrogen (secondary N) is 2. The molecule has 0 saturated heterocycles. The first kappa shape index (κ1) is 11.1. The summed E-state index contributed by atoms with van der Waals surface area (Å²) < 4.78 is 0. The van der Waals surface area contributed by atoms with E-state index in [4.69, 9.17) is 0 Å². The van der Waals surface area contributed by atoms with Gasteiger partial charge in [0.2, 0.25) is 0 Å². The van der Waals surface area contributed by atoms with Gasteiger partial charge in [0, 0.05) is 24.5 Å². The van der Waals surface area contributed by atoms with Crippen molar-refractivity contribution in [3.8, 4) is 0 Å². The fourth-order valence-corrected chi connectivity index (χ4v) is 2.01. The van der Waals surface area contributed by atoms with Crippen molar-refractivity contribution in [1.82, 2.24) is 20.3 Å². The minimum atomic E-state index is 0.845. The van der Waals surface area contributed by atoms with E-state index in [0.29, 0.717) is 0 Å². The van der Waals surface area contributed by atoms with Gasteiger partial charge in [0.25, 0.3) is 0 Å². The predicted octanol–water partition coefficient (Wildman–Crippen LogP) is 1.94. The van der Waals surface area contributed by atoms with E-state index in [1.54, 1.807) is 0 Å². The molecular weight excluding hydrogens is 200 g/mol. The molecule has 0 amide bonds. The summed E-state index contributed by atoms with van der Waals surface area (Å²) in [5.74, 6) is 0.936. The maximum absolute atomic E-state index is 4.55. The second-order valence-corrected chi connectivity index (χ2v) is 4.04. The largest absolute Gasteiger partial charge is 0.346 e. The highest BCUT2D eigenvalue weighted by molar-refractivity contribution is 5.82. The summed E-state index contributed by atoms with van der Waals surface area (Å²) in [6.07, 6.45) is 4.03. The maximum atomic E-state index is 4.55. The summed E-state index contributed by atoms with van der Waals surface area (Å²) in [5, 5.41) is 4.31. The minimum absolute atomic E-state index is 0.845. The van der Waals surface area contributed by atoms with E-state index >= 15 is 0 Å². The van der Waals surface area contributed by atoms with Gasteiger partial charge in [-0.05, 0) is 26.0 Å². The molecule has 2 rings (SSSR count). The van der Waals surface area contributed by atoms with Crippen LogP contribution in [-0.4, -0.2) is 22.0 Å². The van der Waals surface area contributed by atoms with Gasteiger partial charge in [0.05, 0.1) is 5.69 Å². The van der Waals surface area contributed by atoms with Gasteiger partial charge in [0.1, 0.15) is 11.5 Å². The lowest BCUT2D eigenvalue weighted by atomic mass is 10.2. The van der Waals surface area contributed by atoms with Crippen molar-refractivity contribution in [2.75, 3.05) is 7.05 Å². The fourth-order valence-electron chi connectivity index (χ4n) is 2.01. The smallest absolute Gasteiger partial charge is 0.141 e. The zero-order valence-electron chi connectivity index (χ0n) is 10.1. The van der Waals surface area contributed by atoms with Gasteiger partial charge in [-0.15, -0.1) is 0 Å². The molecule has 0 fully saturated rings. The first-order chi connectivity index (χ1) is 7.76. The number of hydrogen-bond acceptors (Lipinski definition) is 3. The monoisotopic (exact) mass is 218 g/mol. The zero-order chi connectivity index (χ0) is 11.5. The standard InChI is InChI=1S/C12H18N4/c1-4-5-10-15-8(2)11-9(6-13-3)7-14-12(11)16-10/h7,13H,4-6H2,1-3H3,(H,14,15,16). The van der Waals surface area contributed by atoms with E-state index in [1.165, 1.54) is 5.56 Å². The van der Waals surface area contributed by atoms with Crippen molar-refractivity contribution in [2.45, 2.75) is 33.2 Å². The Labute approximate surface area is 95.5 Å². The molecule has 4 nitrogen and oxygen atoms in total. The number of hydrogen-bond donors (Lipinski definition) is 2. The van der Waals surface area contributed by atoms with E-state index in [-0.39, 0.29) is 0 Å². The number of aryl methyl sites for hydroxylation is 2. The highest BCUT2D eigenvalue weighted by atomic mass is 15.0. The van der Waals surface area contributed by atoms with Crippen LogP contribution in [0.15, 0.2) is 6.20 Å². The zero-order valence-corrected chi connectivity index (χ0v) is 10.1. The van der Waals surface area contributed by atoms with E-state index in [2.05, 4.69) is 34.1 Å². The molecule has 0 aromatic carbocycles. The van der Waals surface area contributed by atoms with E-state index in [1.807, 2.05) is 13.2 Å². The number of aromatic nitrogens is 3.